The van der Waals surface area contributed by atoms with E-state index < -0.39 is 5.97 Å². The molecule has 5 heteroatoms. The zero-order valence-electron chi connectivity index (χ0n) is 12.6. The van der Waals surface area contributed by atoms with Gasteiger partial charge >= 0.3 is 5.97 Å². The first-order chi connectivity index (χ1) is 9.99. The predicted molar refractivity (Wildman–Crippen MR) is 80.6 cm³/mol. The fraction of sp³-hybridized carbons (Fsp3) is 0.500. The minimum absolute atomic E-state index is 0.0673. The Hall–Kier alpha value is -1.88. The van der Waals surface area contributed by atoms with Gasteiger partial charge in [-0.15, -0.1) is 0 Å². The molecular formula is C16H22N2O3. The maximum atomic E-state index is 12.5. The van der Waals surface area contributed by atoms with Gasteiger partial charge < -0.3 is 14.9 Å². The van der Waals surface area contributed by atoms with E-state index >= 15 is 0 Å². The number of aromatic carboxylic acids is 1. The van der Waals surface area contributed by atoms with Crippen LogP contribution in [0.25, 0.3) is 0 Å². The molecule has 0 bridgehead atoms. The van der Waals surface area contributed by atoms with Crippen molar-refractivity contribution in [2.75, 3.05) is 33.7 Å². The Morgan fingerprint density at radius 3 is 2.38 bits per heavy atom. The maximum absolute atomic E-state index is 12.5. The van der Waals surface area contributed by atoms with E-state index in [0.29, 0.717) is 12.5 Å². The van der Waals surface area contributed by atoms with Gasteiger partial charge in [0, 0.05) is 13.6 Å². The number of carbonyl (C=O) groups is 2. The Morgan fingerprint density at radius 2 is 1.81 bits per heavy atom. The van der Waals surface area contributed by atoms with Crippen LogP contribution in [0.1, 0.15) is 33.6 Å². The molecule has 1 aromatic rings. The number of rotatable bonds is 4. The first kappa shape index (κ1) is 15.5. The summed E-state index contributed by atoms with van der Waals surface area (Å²) >= 11 is 0. The number of amides is 1. The van der Waals surface area contributed by atoms with Crippen LogP contribution in [-0.4, -0.2) is 60.5 Å². The van der Waals surface area contributed by atoms with Crippen LogP contribution in [-0.2, 0) is 0 Å². The zero-order valence-corrected chi connectivity index (χ0v) is 12.6. The molecule has 0 radical (unpaired) electrons. The lowest BCUT2D eigenvalue weighted by atomic mass is 9.96. The van der Waals surface area contributed by atoms with Gasteiger partial charge in [0.1, 0.15) is 0 Å². The standard InChI is InChI=1S/C16H22N2O3/c1-17-9-7-12(8-10-17)11-18(2)15(19)13-5-3-4-6-14(13)16(20)21/h3-6,12H,7-11H2,1-2H3,(H,20,21). The van der Waals surface area contributed by atoms with Crippen LogP contribution in [0.3, 0.4) is 0 Å². The number of carboxylic acid groups (broad SMARTS) is 1. The molecule has 0 atom stereocenters. The summed E-state index contributed by atoms with van der Waals surface area (Å²) in [6, 6.07) is 6.39. The van der Waals surface area contributed by atoms with Gasteiger partial charge in [0.15, 0.2) is 0 Å². The molecule has 1 aliphatic heterocycles. The summed E-state index contributed by atoms with van der Waals surface area (Å²) in [6.07, 6.45) is 2.16. The van der Waals surface area contributed by atoms with E-state index in [1.165, 1.54) is 6.07 Å². The molecule has 0 spiro atoms. The van der Waals surface area contributed by atoms with E-state index in [4.69, 9.17) is 0 Å². The number of piperidine rings is 1. The van der Waals surface area contributed by atoms with Crippen molar-refractivity contribution in [2.24, 2.45) is 5.92 Å². The van der Waals surface area contributed by atoms with Gasteiger partial charge in [-0.1, -0.05) is 12.1 Å². The molecule has 1 aliphatic rings. The minimum Gasteiger partial charge on any atom is -0.478 e. The summed E-state index contributed by atoms with van der Waals surface area (Å²) in [7, 11) is 3.85. The highest BCUT2D eigenvalue weighted by atomic mass is 16.4. The molecule has 0 unspecified atom stereocenters. The van der Waals surface area contributed by atoms with Gasteiger partial charge in [-0.05, 0) is 51.0 Å². The molecule has 5 nitrogen and oxygen atoms in total. The Kier molecular flexibility index (Phi) is 4.96. The fourth-order valence-electron chi connectivity index (χ4n) is 2.78. The molecule has 1 N–H and O–H groups in total. The highest BCUT2D eigenvalue weighted by molar-refractivity contribution is 6.04. The summed E-state index contributed by atoms with van der Waals surface area (Å²) in [4.78, 5) is 27.6. The molecule has 2 rings (SSSR count). The van der Waals surface area contributed by atoms with Crippen LogP contribution in [0, 0.1) is 5.92 Å². The van der Waals surface area contributed by atoms with E-state index in [-0.39, 0.29) is 17.0 Å². The van der Waals surface area contributed by atoms with Crippen molar-refractivity contribution in [3.05, 3.63) is 35.4 Å². The van der Waals surface area contributed by atoms with Crippen molar-refractivity contribution in [3.63, 3.8) is 0 Å². The second kappa shape index (κ2) is 6.72. The second-order valence-corrected chi connectivity index (χ2v) is 5.78. The van der Waals surface area contributed by atoms with Crippen LogP contribution >= 0.6 is 0 Å². The van der Waals surface area contributed by atoms with E-state index in [9.17, 15) is 14.7 Å². The summed E-state index contributed by atoms with van der Waals surface area (Å²) in [5.74, 6) is -0.786. The van der Waals surface area contributed by atoms with E-state index in [2.05, 4.69) is 11.9 Å². The van der Waals surface area contributed by atoms with E-state index in [1.807, 2.05) is 0 Å². The lowest BCUT2D eigenvalue weighted by Gasteiger charge is -2.31. The average Bonchev–Trinajstić information content (AvgIpc) is 2.48. The molecule has 0 aliphatic carbocycles. The van der Waals surface area contributed by atoms with Crippen LogP contribution in [0.5, 0.6) is 0 Å². The predicted octanol–water partition coefficient (Wildman–Crippen LogP) is 1.80. The third-order valence-electron chi connectivity index (χ3n) is 4.10. The molecule has 21 heavy (non-hydrogen) atoms. The normalized spacial score (nSPS) is 16.7. The molecule has 1 fully saturated rings. The molecule has 1 aromatic carbocycles. The maximum Gasteiger partial charge on any atom is 0.336 e. The van der Waals surface area contributed by atoms with Gasteiger partial charge in [-0.2, -0.15) is 0 Å². The van der Waals surface area contributed by atoms with Gasteiger partial charge in [0.05, 0.1) is 11.1 Å². The topological polar surface area (TPSA) is 60.9 Å². The number of carboxylic acids is 1. The first-order valence-corrected chi connectivity index (χ1v) is 7.25. The Balaban J connectivity index is 2.04. The zero-order chi connectivity index (χ0) is 15.4. The highest BCUT2D eigenvalue weighted by Gasteiger charge is 2.23. The van der Waals surface area contributed by atoms with Gasteiger partial charge in [0.25, 0.3) is 5.91 Å². The molecule has 0 aromatic heterocycles. The monoisotopic (exact) mass is 290 g/mol. The van der Waals surface area contributed by atoms with E-state index in [0.717, 1.165) is 25.9 Å². The SMILES string of the molecule is CN1CCC(CN(C)C(=O)c2ccccc2C(=O)O)CC1. The van der Waals surface area contributed by atoms with Crippen LogP contribution in [0.15, 0.2) is 24.3 Å². The van der Waals surface area contributed by atoms with Crippen molar-refractivity contribution < 1.29 is 14.7 Å². The lowest BCUT2D eigenvalue weighted by Crippen LogP contribution is -2.38. The van der Waals surface area contributed by atoms with E-state index in [1.54, 1.807) is 30.1 Å². The van der Waals surface area contributed by atoms with Crippen molar-refractivity contribution in [1.29, 1.82) is 0 Å². The quantitative estimate of drug-likeness (QED) is 0.918. The molecular weight excluding hydrogens is 268 g/mol. The van der Waals surface area contributed by atoms with Gasteiger partial charge in [-0.25, -0.2) is 4.79 Å². The number of likely N-dealkylation sites (tertiary alicyclic amines) is 1. The average molecular weight is 290 g/mol. The molecule has 1 amide bonds. The Labute approximate surface area is 125 Å². The van der Waals surface area contributed by atoms with Gasteiger partial charge in [0.2, 0.25) is 0 Å². The second-order valence-electron chi connectivity index (χ2n) is 5.78. The third kappa shape index (κ3) is 3.82. The fourth-order valence-corrected chi connectivity index (χ4v) is 2.78. The van der Waals surface area contributed by atoms with Crippen molar-refractivity contribution in [2.45, 2.75) is 12.8 Å². The molecule has 1 saturated heterocycles. The Bertz CT molecular complexity index is 522. The van der Waals surface area contributed by atoms with Crippen molar-refractivity contribution in [1.82, 2.24) is 9.80 Å². The third-order valence-corrected chi connectivity index (χ3v) is 4.10. The van der Waals surface area contributed by atoms with Crippen LogP contribution in [0.2, 0.25) is 0 Å². The lowest BCUT2D eigenvalue weighted by molar-refractivity contribution is 0.0674. The smallest absolute Gasteiger partial charge is 0.336 e. The Morgan fingerprint density at radius 1 is 1.24 bits per heavy atom. The summed E-state index contributed by atoms with van der Waals surface area (Å²) < 4.78 is 0. The molecule has 0 saturated carbocycles. The van der Waals surface area contributed by atoms with Crippen LogP contribution in [0.4, 0.5) is 0 Å². The molecule has 114 valence electrons. The minimum atomic E-state index is -1.06. The summed E-state index contributed by atoms with van der Waals surface area (Å²) in [5.41, 5.74) is 0.332. The molecule has 1 heterocycles. The first-order valence-electron chi connectivity index (χ1n) is 7.25. The summed E-state index contributed by atoms with van der Waals surface area (Å²) in [5, 5.41) is 9.17. The number of hydrogen-bond acceptors (Lipinski definition) is 3. The summed E-state index contributed by atoms with van der Waals surface area (Å²) in [6.45, 7) is 2.79. The number of hydrogen-bond donors (Lipinski definition) is 1. The number of nitrogens with zero attached hydrogens (tertiary/aromatic N) is 2. The highest BCUT2D eigenvalue weighted by Crippen LogP contribution is 2.18. The number of benzene rings is 1. The van der Waals surface area contributed by atoms with Gasteiger partial charge in [-0.3, -0.25) is 4.79 Å². The number of carbonyl (C=O) groups excluding carboxylic acids is 1. The van der Waals surface area contributed by atoms with Crippen LogP contribution < -0.4 is 0 Å². The van der Waals surface area contributed by atoms with Crippen molar-refractivity contribution >= 4 is 11.9 Å². The van der Waals surface area contributed by atoms with Crippen molar-refractivity contribution in [3.8, 4) is 0 Å². The largest absolute Gasteiger partial charge is 0.478 e.